The predicted octanol–water partition coefficient (Wildman–Crippen LogP) is 7.39. The van der Waals surface area contributed by atoms with E-state index in [-0.39, 0.29) is 60.1 Å². The molecule has 0 unspecified atom stereocenters. The molecule has 0 bridgehead atoms. The molecule has 0 radical (unpaired) electrons. The molecule has 0 aliphatic carbocycles. The number of hydrogen-bond acceptors (Lipinski definition) is 7. The maximum absolute atomic E-state index is 14.1. The van der Waals surface area contributed by atoms with E-state index in [9.17, 15) is 56.0 Å². The third-order valence-electron chi connectivity index (χ3n) is 11.6. The van der Waals surface area contributed by atoms with Crippen LogP contribution >= 0.6 is 12.2 Å². The fourth-order valence-electron chi connectivity index (χ4n) is 8.19. The van der Waals surface area contributed by atoms with Crippen molar-refractivity contribution in [2.45, 2.75) is 38.3 Å². The molecule has 1 fully saturated rings. The van der Waals surface area contributed by atoms with Crippen molar-refractivity contribution in [1.29, 1.82) is 10.5 Å². The summed E-state index contributed by atoms with van der Waals surface area (Å²) in [4.78, 5) is 60.8. The van der Waals surface area contributed by atoms with Crippen molar-refractivity contribution in [2.24, 2.45) is 0 Å². The van der Waals surface area contributed by atoms with Crippen LogP contribution in [0.2, 0.25) is 0 Å². The summed E-state index contributed by atoms with van der Waals surface area (Å²) in [6.45, 7) is 4.37. The lowest BCUT2D eigenvalue weighted by molar-refractivity contribution is -0.138. The minimum atomic E-state index is -4.70. The maximum Gasteiger partial charge on any atom is 0.416 e. The molecule has 3 aliphatic heterocycles. The number of benzene rings is 4. The fraction of sp³-hybridized carbons (Fsp3) is 0.255. The second-order valence-electron chi connectivity index (χ2n) is 15.8. The topological polar surface area (TPSA) is 177 Å². The van der Waals surface area contributed by atoms with Crippen molar-refractivity contribution < 1.29 is 45.5 Å². The van der Waals surface area contributed by atoms with Crippen LogP contribution in [-0.2, 0) is 21.9 Å². The fourth-order valence-corrected chi connectivity index (χ4v) is 8.55. The van der Waals surface area contributed by atoms with E-state index in [1.165, 1.54) is 50.2 Å². The molecule has 6 amide bonds. The predicted molar refractivity (Wildman–Crippen MR) is 240 cm³/mol. The molecule has 0 aromatic heterocycles. The number of halogens is 6. The van der Waals surface area contributed by atoms with Gasteiger partial charge in [0.15, 0.2) is 5.11 Å². The molecule has 0 saturated carbocycles. The van der Waals surface area contributed by atoms with Gasteiger partial charge in [-0.1, -0.05) is 36.4 Å². The van der Waals surface area contributed by atoms with E-state index in [2.05, 4.69) is 21.3 Å². The molecule has 0 spiro atoms. The quantitative estimate of drug-likeness (QED) is 0.0833. The largest absolute Gasteiger partial charge is 0.416 e. The van der Waals surface area contributed by atoms with Gasteiger partial charge in [-0.15, -0.1) is 0 Å². The number of amides is 6. The van der Waals surface area contributed by atoms with Gasteiger partial charge < -0.3 is 31.1 Å². The smallest absolute Gasteiger partial charge is 0.350 e. The van der Waals surface area contributed by atoms with E-state index < -0.39 is 59.4 Å². The first-order valence-corrected chi connectivity index (χ1v) is 21.3. The second-order valence-corrected chi connectivity index (χ2v) is 16.1. The van der Waals surface area contributed by atoms with Crippen molar-refractivity contribution in [3.63, 3.8) is 0 Å². The molecule has 4 N–H and O–H groups in total. The van der Waals surface area contributed by atoms with Crippen molar-refractivity contribution in [3.8, 4) is 12.1 Å². The molecule has 1 saturated heterocycles. The Kier molecular flexibility index (Phi) is 13.8. The summed E-state index contributed by atoms with van der Waals surface area (Å²) in [5.74, 6) is -1.24. The average Bonchev–Trinajstić information content (AvgIpc) is 3.65. The number of allylic oxidation sites excluding steroid dienone is 2. The van der Waals surface area contributed by atoms with Gasteiger partial charge in [0.25, 0.3) is 11.8 Å². The molecule has 4 aromatic rings. The first-order chi connectivity index (χ1) is 32.3. The molecule has 4 aromatic carbocycles. The molecule has 3 heterocycles. The summed E-state index contributed by atoms with van der Waals surface area (Å²) < 4.78 is 82.0. The van der Waals surface area contributed by atoms with Gasteiger partial charge in [0.2, 0.25) is 0 Å². The van der Waals surface area contributed by atoms with Gasteiger partial charge in [0.05, 0.1) is 69.0 Å². The second kappa shape index (κ2) is 19.5. The molecule has 68 heavy (non-hydrogen) atoms. The van der Waals surface area contributed by atoms with Crippen LogP contribution in [0.15, 0.2) is 120 Å². The highest BCUT2D eigenvalue weighted by atomic mass is 32.1. The average molecular weight is 955 g/mol. The van der Waals surface area contributed by atoms with Gasteiger partial charge in [-0.05, 0) is 97.9 Å². The minimum absolute atomic E-state index is 0.0512. The summed E-state index contributed by atoms with van der Waals surface area (Å²) >= 11 is 5.75. The van der Waals surface area contributed by atoms with Gasteiger partial charge in [-0.2, -0.15) is 36.9 Å². The lowest BCUT2D eigenvalue weighted by Gasteiger charge is -2.36. The minimum Gasteiger partial charge on any atom is -0.350 e. The Labute approximate surface area is 391 Å². The Morgan fingerprint density at radius 3 is 1.35 bits per heavy atom. The maximum atomic E-state index is 14.1. The number of anilines is 2. The zero-order valence-corrected chi connectivity index (χ0v) is 36.9. The van der Waals surface area contributed by atoms with Crippen LogP contribution in [0.4, 0.5) is 47.3 Å². The SMILES string of the molecule is CC1=C(C(=O)NCCN2CCN(CCNC(=O)C3=C(C)N(c4cccc(C(F)(F)F)c4)C(=O)N[C@@H]3c3ccc(C#N)cc3)C2=S)[C@@H](c2ccc(C#N)cc2)NC(=O)N1c1cccc(C(F)(F)F)c1. The van der Waals surface area contributed by atoms with Crippen LogP contribution in [0, 0.1) is 22.7 Å². The van der Waals surface area contributed by atoms with Crippen LogP contribution in [0.3, 0.4) is 0 Å². The monoisotopic (exact) mass is 954 g/mol. The number of nitriles is 2. The molecule has 7 rings (SSSR count). The molecule has 350 valence electrons. The molecule has 2 atom stereocenters. The molecular formula is C47H40F6N10O4S. The number of hydrogen-bond donors (Lipinski definition) is 4. The number of urea groups is 2. The summed E-state index contributed by atoms with van der Waals surface area (Å²) in [6.07, 6.45) is -9.39. The summed E-state index contributed by atoms with van der Waals surface area (Å²) in [7, 11) is 0. The first-order valence-electron chi connectivity index (χ1n) is 20.9. The number of alkyl halides is 6. The highest BCUT2D eigenvalue weighted by Gasteiger charge is 2.40. The Hall–Kier alpha value is -7.91. The van der Waals surface area contributed by atoms with Crippen LogP contribution in [-0.4, -0.2) is 78.1 Å². The number of thiocarbonyl (C=S) groups is 1. The summed E-state index contributed by atoms with van der Waals surface area (Å²) in [5, 5.41) is 30.2. The van der Waals surface area contributed by atoms with E-state index in [4.69, 9.17) is 12.2 Å². The molecule has 21 heteroatoms. The number of nitrogens with one attached hydrogen (secondary N) is 4. The number of carbonyl (C=O) groups excluding carboxylic acids is 4. The van der Waals surface area contributed by atoms with Gasteiger partial charge in [0, 0.05) is 50.7 Å². The van der Waals surface area contributed by atoms with Gasteiger partial charge in [-0.25, -0.2) is 9.59 Å². The van der Waals surface area contributed by atoms with Crippen molar-refractivity contribution in [3.05, 3.63) is 153 Å². The van der Waals surface area contributed by atoms with Crippen molar-refractivity contribution >= 4 is 52.6 Å². The number of carbonyl (C=O) groups is 4. The third-order valence-corrected chi connectivity index (χ3v) is 12.1. The van der Waals surface area contributed by atoms with Crippen molar-refractivity contribution in [2.75, 3.05) is 49.1 Å². The lowest BCUT2D eigenvalue weighted by atomic mass is 9.93. The van der Waals surface area contributed by atoms with Crippen LogP contribution in [0.25, 0.3) is 0 Å². The Morgan fingerprint density at radius 1 is 0.647 bits per heavy atom. The van der Waals surface area contributed by atoms with Gasteiger partial charge >= 0.3 is 24.4 Å². The Bertz CT molecular complexity index is 2630. The van der Waals surface area contributed by atoms with E-state index in [0.29, 0.717) is 40.5 Å². The highest BCUT2D eigenvalue weighted by molar-refractivity contribution is 7.80. The molecule has 14 nitrogen and oxygen atoms in total. The standard InChI is InChI=1S/C47H40F6N10O4S/c1-27-37(39(31-13-9-29(25-54)10-14-31)58-43(66)62(27)35-7-3-5-33(23-35)46(48,49)50)41(64)56-17-19-60-21-22-61(45(60)68)20-18-57-42(65)38-28(2)63(36-8-4-6-34(24-36)47(51,52)53)44(67)59-40(38)32-15-11-30(26-55)12-16-32/h3-16,23-24,39-40H,17-22H2,1-2H3,(H,56,64)(H,57,65)(H,58,66)(H,59,67)/t39-,40-/m1/s1. The summed E-state index contributed by atoms with van der Waals surface area (Å²) in [5.41, 5.74) is -0.379. The highest BCUT2D eigenvalue weighted by Crippen LogP contribution is 2.39. The van der Waals surface area contributed by atoms with Gasteiger partial charge in [0.1, 0.15) is 0 Å². The molecular weight excluding hydrogens is 915 g/mol. The van der Waals surface area contributed by atoms with E-state index in [1.54, 1.807) is 24.3 Å². The lowest BCUT2D eigenvalue weighted by Crippen LogP contribution is -2.50. The third kappa shape index (κ3) is 10.1. The van der Waals surface area contributed by atoms with Gasteiger partial charge in [-0.3, -0.25) is 19.4 Å². The Morgan fingerprint density at radius 2 is 1.01 bits per heavy atom. The van der Waals surface area contributed by atoms with E-state index >= 15 is 0 Å². The number of rotatable bonds is 12. The van der Waals surface area contributed by atoms with E-state index in [0.717, 1.165) is 46.2 Å². The van der Waals surface area contributed by atoms with E-state index in [1.807, 2.05) is 21.9 Å². The number of nitrogens with zero attached hydrogens (tertiary/aromatic N) is 6. The zero-order chi connectivity index (χ0) is 49.1. The zero-order valence-electron chi connectivity index (χ0n) is 36.1. The van der Waals surface area contributed by atoms with Crippen LogP contribution in [0.1, 0.15) is 59.3 Å². The summed E-state index contributed by atoms with van der Waals surface area (Å²) in [6, 6.07) is 21.0. The Balaban J connectivity index is 1.03. The molecule has 3 aliphatic rings. The normalized spacial score (nSPS) is 17.7. The van der Waals surface area contributed by atoms with Crippen LogP contribution in [0.5, 0.6) is 0 Å². The van der Waals surface area contributed by atoms with Crippen LogP contribution < -0.4 is 31.1 Å². The first kappa shape index (κ1) is 48.0. The van der Waals surface area contributed by atoms with Crippen molar-refractivity contribution in [1.82, 2.24) is 31.1 Å².